The summed E-state index contributed by atoms with van der Waals surface area (Å²) in [5.41, 5.74) is 3.55. The van der Waals surface area contributed by atoms with Crippen LogP contribution < -0.4 is 10.1 Å². The number of benzene rings is 1. The lowest BCUT2D eigenvalue weighted by Gasteiger charge is -2.22. The minimum absolute atomic E-state index is 0.601. The lowest BCUT2D eigenvalue weighted by Crippen LogP contribution is -2.27. The number of hydrogen-bond donors (Lipinski definition) is 1. The van der Waals surface area contributed by atoms with E-state index < -0.39 is 0 Å². The van der Waals surface area contributed by atoms with Crippen molar-refractivity contribution < 1.29 is 4.74 Å². The molecule has 2 aromatic rings. The molecule has 0 bridgehead atoms. The van der Waals surface area contributed by atoms with E-state index in [-0.39, 0.29) is 0 Å². The highest BCUT2D eigenvalue weighted by molar-refractivity contribution is 5.36. The first-order valence-corrected chi connectivity index (χ1v) is 7.65. The molecule has 3 nitrogen and oxygen atoms in total. The number of pyridine rings is 1. The standard InChI is InChI=1S/C18H22N2O/c1-21-18-8-3-2-5-15(18)13-16-6-4-7-17(20-16)14-9-11-19-12-10-14/h2-8,14,19H,9-13H2,1H3. The van der Waals surface area contributed by atoms with Gasteiger partial charge in [0.05, 0.1) is 7.11 Å². The zero-order chi connectivity index (χ0) is 14.5. The number of ether oxygens (including phenoxy) is 1. The molecule has 1 aromatic carbocycles. The number of piperidine rings is 1. The van der Waals surface area contributed by atoms with Crippen LogP contribution in [-0.4, -0.2) is 25.2 Å². The lowest BCUT2D eigenvalue weighted by molar-refractivity contribution is 0.410. The summed E-state index contributed by atoms with van der Waals surface area (Å²) in [6, 6.07) is 14.6. The third kappa shape index (κ3) is 3.42. The largest absolute Gasteiger partial charge is 0.496 e. The van der Waals surface area contributed by atoms with Gasteiger partial charge in [-0.25, -0.2) is 0 Å². The van der Waals surface area contributed by atoms with Crippen LogP contribution in [0.1, 0.15) is 35.7 Å². The molecule has 0 saturated carbocycles. The molecule has 0 amide bonds. The molecule has 0 atom stereocenters. The van der Waals surface area contributed by atoms with Gasteiger partial charge < -0.3 is 10.1 Å². The highest BCUT2D eigenvalue weighted by atomic mass is 16.5. The highest BCUT2D eigenvalue weighted by Gasteiger charge is 2.16. The van der Waals surface area contributed by atoms with Crippen molar-refractivity contribution in [2.45, 2.75) is 25.2 Å². The lowest BCUT2D eigenvalue weighted by atomic mass is 9.94. The Hall–Kier alpha value is -1.87. The molecule has 110 valence electrons. The summed E-state index contributed by atoms with van der Waals surface area (Å²) in [7, 11) is 1.72. The average Bonchev–Trinajstić information content (AvgIpc) is 2.56. The maximum atomic E-state index is 5.43. The smallest absolute Gasteiger partial charge is 0.122 e. The van der Waals surface area contributed by atoms with E-state index in [0.29, 0.717) is 5.92 Å². The Morgan fingerprint density at radius 1 is 1.10 bits per heavy atom. The normalized spacial score (nSPS) is 15.9. The second-order valence-corrected chi connectivity index (χ2v) is 5.57. The van der Waals surface area contributed by atoms with Crippen molar-refractivity contribution in [3.63, 3.8) is 0 Å². The van der Waals surface area contributed by atoms with Gasteiger partial charge in [0.15, 0.2) is 0 Å². The van der Waals surface area contributed by atoms with Gasteiger partial charge in [0, 0.05) is 29.3 Å². The summed E-state index contributed by atoms with van der Waals surface area (Å²) in [4.78, 5) is 4.88. The second-order valence-electron chi connectivity index (χ2n) is 5.57. The molecule has 3 heteroatoms. The van der Waals surface area contributed by atoms with Gasteiger partial charge in [0.2, 0.25) is 0 Å². The topological polar surface area (TPSA) is 34.1 Å². The second kappa shape index (κ2) is 6.72. The number of para-hydroxylation sites is 1. The quantitative estimate of drug-likeness (QED) is 0.935. The molecule has 1 fully saturated rings. The maximum absolute atomic E-state index is 5.43. The van der Waals surface area contributed by atoms with Crippen LogP contribution in [-0.2, 0) is 6.42 Å². The van der Waals surface area contributed by atoms with E-state index in [9.17, 15) is 0 Å². The van der Waals surface area contributed by atoms with Crippen LogP contribution in [0.15, 0.2) is 42.5 Å². The number of methoxy groups -OCH3 is 1. The van der Waals surface area contributed by atoms with Crippen molar-refractivity contribution in [3.05, 3.63) is 59.4 Å². The summed E-state index contributed by atoms with van der Waals surface area (Å²) < 4.78 is 5.43. The van der Waals surface area contributed by atoms with Gasteiger partial charge in [-0.15, -0.1) is 0 Å². The predicted octanol–water partition coefficient (Wildman–Crippen LogP) is 3.15. The van der Waals surface area contributed by atoms with E-state index >= 15 is 0 Å². The molecular formula is C18H22N2O. The minimum atomic E-state index is 0.601. The molecule has 1 saturated heterocycles. The molecule has 1 aliphatic rings. The van der Waals surface area contributed by atoms with E-state index in [0.717, 1.165) is 31.0 Å². The fraction of sp³-hybridized carbons (Fsp3) is 0.389. The van der Waals surface area contributed by atoms with Crippen LogP contribution in [0.5, 0.6) is 5.75 Å². The third-order valence-electron chi connectivity index (χ3n) is 4.15. The van der Waals surface area contributed by atoms with Crippen LogP contribution in [0.2, 0.25) is 0 Å². The Morgan fingerprint density at radius 2 is 1.90 bits per heavy atom. The molecule has 0 aliphatic carbocycles. The first-order valence-electron chi connectivity index (χ1n) is 7.65. The number of hydrogen-bond acceptors (Lipinski definition) is 3. The Kier molecular flexibility index (Phi) is 4.51. The van der Waals surface area contributed by atoms with Gasteiger partial charge >= 0.3 is 0 Å². The molecule has 21 heavy (non-hydrogen) atoms. The van der Waals surface area contributed by atoms with Gasteiger partial charge in [0.25, 0.3) is 0 Å². The monoisotopic (exact) mass is 282 g/mol. The highest BCUT2D eigenvalue weighted by Crippen LogP contribution is 2.25. The van der Waals surface area contributed by atoms with Crippen molar-refractivity contribution in [2.75, 3.05) is 20.2 Å². The summed E-state index contributed by atoms with van der Waals surface area (Å²) >= 11 is 0. The van der Waals surface area contributed by atoms with Crippen LogP contribution in [0, 0.1) is 0 Å². The Morgan fingerprint density at radius 3 is 2.71 bits per heavy atom. The molecule has 2 heterocycles. The van der Waals surface area contributed by atoms with Gasteiger partial charge in [-0.3, -0.25) is 4.98 Å². The van der Waals surface area contributed by atoms with E-state index in [1.807, 2.05) is 12.1 Å². The maximum Gasteiger partial charge on any atom is 0.122 e. The molecule has 0 spiro atoms. The third-order valence-corrected chi connectivity index (χ3v) is 4.15. The Bertz CT molecular complexity index is 591. The molecule has 1 aliphatic heterocycles. The first kappa shape index (κ1) is 14.1. The van der Waals surface area contributed by atoms with Crippen molar-refractivity contribution in [2.24, 2.45) is 0 Å². The molecule has 1 N–H and O–H groups in total. The van der Waals surface area contributed by atoms with Gasteiger partial charge in [0.1, 0.15) is 5.75 Å². The van der Waals surface area contributed by atoms with Crippen molar-refractivity contribution in [1.29, 1.82) is 0 Å². The van der Waals surface area contributed by atoms with Crippen LogP contribution in [0.25, 0.3) is 0 Å². The zero-order valence-electron chi connectivity index (χ0n) is 12.5. The molecular weight excluding hydrogens is 260 g/mol. The van der Waals surface area contributed by atoms with Crippen molar-refractivity contribution in [1.82, 2.24) is 10.3 Å². The van der Waals surface area contributed by atoms with Gasteiger partial charge in [-0.2, -0.15) is 0 Å². The van der Waals surface area contributed by atoms with E-state index in [1.54, 1.807) is 7.11 Å². The first-order chi connectivity index (χ1) is 10.4. The summed E-state index contributed by atoms with van der Waals surface area (Å²) in [6.45, 7) is 2.20. The van der Waals surface area contributed by atoms with Crippen LogP contribution in [0.3, 0.4) is 0 Å². The summed E-state index contributed by atoms with van der Waals surface area (Å²) in [5.74, 6) is 1.54. The van der Waals surface area contributed by atoms with E-state index in [1.165, 1.54) is 24.1 Å². The number of aromatic nitrogens is 1. The molecule has 1 aromatic heterocycles. The molecule has 0 unspecified atom stereocenters. The summed E-state index contributed by atoms with van der Waals surface area (Å²) in [5, 5.41) is 3.41. The average molecular weight is 282 g/mol. The Balaban J connectivity index is 1.79. The SMILES string of the molecule is COc1ccccc1Cc1cccc(C2CCNCC2)n1. The van der Waals surface area contributed by atoms with E-state index in [2.05, 4.69) is 35.6 Å². The van der Waals surface area contributed by atoms with Crippen LogP contribution in [0.4, 0.5) is 0 Å². The fourth-order valence-electron chi connectivity index (χ4n) is 2.99. The fourth-order valence-corrected chi connectivity index (χ4v) is 2.99. The number of rotatable bonds is 4. The van der Waals surface area contributed by atoms with Crippen molar-refractivity contribution >= 4 is 0 Å². The zero-order valence-corrected chi connectivity index (χ0v) is 12.5. The van der Waals surface area contributed by atoms with E-state index in [4.69, 9.17) is 9.72 Å². The molecule has 3 rings (SSSR count). The van der Waals surface area contributed by atoms with Crippen LogP contribution >= 0.6 is 0 Å². The van der Waals surface area contributed by atoms with Gasteiger partial charge in [-0.1, -0.05) is 24.3 Å². The number of nitrogens with zero attached hydrogens (tertiary/aromatic N) is 1. The van der Waals surface area contributed by atoms with Crippen molar-refractivity contribution in [3.8, 4) is 5.75 Å². The minimum Gasteiger partial charge on any atom is -0.496 e. The number of nitrogens with one attached hydrogen (secondary N) is 1. The summed E-state index contributed by atoms with van der Waals surface area (Å²) in [6.07, 6.45) is 3.19. The molecule has 0 radical (unpaired) electrons. The predicted molar refractivity (Wildman–Crippen MR) is 84.9 cm³/mol. The van der Waals surface area contributed by atoms with Gasteiger partial charge in [-0.05, 0) is 44.1 Å². The Labute approximate surface area is 126 Å².